The average molecular weight is 477 g/mol. The Balaban J connectivity index is 1.98. The van der Waals surface area contributed by atoms with E-state index in [0.29, 0.717) is 5.56 Å². The van der Waals surface area contributed by atoms with Crippen LogP contribution in [0.2, 0.25) is 2.82 Å². The van der Waals surface area contributed by atoms with Gasteiger partial charge in [0.25, 0.3) is 0 Å². The molecule has 0 aromatic heterocycles. The van der Waals surface area contributed by atoms with Gasteiger partial charge in [-0.15, -0.1) is 0 Å². The first-order valence-electron chi connectivity index (χ1n) is 11.6. The lowest BCUT2D eigenvalue weighted by atomic mass is 10.0. The molecule has 2 aromatic carbocycles. The standard InChI is InChI=1S/C24H30N2O8/c25-17(11-15-7-3-1-4-8-15)23(31)33-14-20(29)21(30)22(19(28)13-27)34-24(32)18(26)12-16-9-5-2-6-10-16/h1-10,13,17-22,28-30H,11-12,14,25-26H2/t17-,18-,19-,20+,21+,22+/m0/s1/i/hD2. The van der Waals surface area contributed by atoms with Gasteiger partial charge in [-0.2, -0.15) is 0 Å². The summed E-state index contributed by atoms with van der Waals surface area (Å²) in [5.74, 6) is -1.93. The summed E-state index contributed by atoms with van der Waals surface area (Å²) in [6, 6.07) is 15.3. The monoisotopic (exact) mass is 476 g/mol. The van der Waals surface area contributed by atoms with Gasteiger partial charge in [0, 0.05) is 0 Å². The normalized spacial score (nSPS) is 17.1. The average Bonchev–Trinajstić information content (AvgIpc) is 2.91. The third-order valence-electron chi connectivity index (χ3n) is 4.99. The molecule has 6 atom stereocenters. The largest absolute Gasteiger partial charge is 0.462 e. The SMILES string of the molecule is [2H]N[C@@H](Cc1ccccc1)C(=O)OC[C@@H](O)[C@@H](O)[C@H](OC(=O)[C@H](Cc1ccccc1)N[2H])[C@@H](O)C=O. The summed E-state index contributed by atoms with van der Waals surface area (Å²) in [6.45, 7) is -0.767. The van der Waals surface area contributed by atoms with E-state index < -0.39 is 55.0 Å². The molecule has 0 spiro atoms. The number of ether oxygens (including phenoxy) is 2. The summed E-state index contributed by atoms with van der Waals surface area (Å²) >= 11 is 0. The third-order valence-corrected chi connectivity index (χ3v) is 4.99. The molecule has 0 bridgehead atoms. The number of benzene rings is 2. The Bertz CT molecular complexity index is 954. The van der Waals surface area contributed by atoms with Gasteiger partial charge in [0.1, 0.15) is 39.8 Å². The molecule has 0 radical (unpaired) electrons. The summed E-state index contributed by atoms with van der Waals surface area (Å²) in [4.78, 5) is 36.0. The Morgan fingerprint density at radius 3 is 1.85 bits per heavy atom. The van der Waals surface area contributed by atoms with Crippen LogP contribution in [0, 0.1) is 0 Å². The van der Waals surface area contributed by atoms with Crippen LogP contribution < -0.4 is 11.5 Å². The first-order chi connectivity index (χ1) is 17.3. The van der Waals surface area contributed by atoms with Gasteiger partial charge >= 0.3 is 11.9 Å². The molecule has 0 aliphatic carbocycles. The Kier molecular flexibility index (Phi) is 9.55. The number of carbonyl (C=O) groups excluding carboxylic acids is 3. The second-order valence-corrected chi connectivity index (χ2v) is 7.70. The summed E-state index contributed by atoms with van der Waals surface area (Å²) < 4.78 is 24.8. The molecule has 0 fully saturated rings. The van der Waals surface area contributed by atoms with Gasteiger partial charge in [-0.1, -0.05) is 60.7 Å². The number of aliphatic hydroxyl groups is 3. The molecule has 2 aromatic rings. The van der Waals surface area contributed by atoms with Crippen molar-refractivity contribution in [2.75, 3.05) is 6.61 Å². The number of aldehydes is 1. The van der Waals surface area contributed by atoms with Crippen LogP contribution in [0.3, 0.4) is 0 Å². The van der Waals surface area contributed by atoms with Crippen molar-refractivity contribution in [3.05, 3.63) is 71.8 Å². The van der Waals surface area contributed by atoms with Crippen LogP contribution in [0.25, 0.3) is 0 Å². The van der Waals surface area contributed by atoms with Crippen molar-refractivity contribution in [2.45, 2.75) is 49.3 Å². The Morgan fingerprint density at radius 2 is 1.38 bits per heavy atom. The molecule has 34 heavy (non-hydrogen) atoms. The van der Waals surface area contributed by atoms with E-state index in [1.807, 2.05) is 5.73 Å². The topological polar surface area (TPSA) is 182 Å². The fourth-order valence-corrected chi connectivity index (χ4v) is 3.09. The lowest BCUT2D eigenvalue weighted by Crippen LogP contribution is -2.51. The zero-order valence-corrected chi connectivity index (χ0v) is 18.3. The van der Waals surface area contributed by atoms with Gasteiger partial charge in [-0.05, 0) is 24.0 Å². The number of carbonyl (C=O) groups is 3. The quantitative estimate of drug-likeness (QED) is 0.156. The van der Waals surface area contributed by atoms with E-state index in [-0.39, 0.29) is 19.1 Å². The van der Waals surface area contributed by atoms with E-state index in [0.717, 1.165) is 5.56 Å². The van der Waals surface area contributed by atoms with E-state index in [1.54, 1.807) is 60.7 Å². The van der Waals surface area contributed by atoms with Crippen LogP contribution in [0.1, 0.15) is 11.1 Å². The predicted octanol–water partition coefficient (Wildman–Crippen LogP) is -1.14. The Morgan fingerprint density at radius 1 is 0.882 bits per heavy atom. The molecule has 10 nitrogen and oxygen atoms in total. The zero-order chi connectivity index (χ0) is 26.5. The predicted molar refractivity (Wildman–Crippen MR) is 121 cm³/mol. The molecular weight excluding hydrogens is 444 g/mol. The maximum Gasteiger partial charge on any atom is 0.323 e. The van der Waals surface area contributed by atoms with Gasteiger partial charge in [0.15, 0.2) is 12.4 Å². The highest BCUT2D eigenvalue weighted by molar-refractivity contribution is 5.77. The maximum atomic E-state index is 12.6. The molecule has 0 aliphatic rings. The summed E-state index contributed by atoms with van der Waals surface area (Å²) in [7, 11) is 0. The number of esters is 2. The van der Waals surface area contributed by atoms with Gasteiger partial charge in [0.2, 0.25) is 0 Å². The van der Waals surface area contributed by atoms with Crippen LogP contribution in [0.5, 0.6) is 0 Å². The lowest BCUT2D eigenvalue weighted by Gasteiger charge is -2.29. The highest BCUT2D eigenvalue weighted by atomic mass is 16.6. The minimum Gasteiger partial charge on any atom is -0.462 e. The van der Waals surface area contributed by atoms with Crippen LogP contribution in [0.15, 0.2) is 60.7 Å². The molecule has 2 rings (SSSR count). The first kappa shape index (κ1) is 24.0. The summed E-state index contributed by atoms with van der Waals surface area (Å²) in [5, 5.41) is 30.7. The molecule has 0 amide bonds. The minimum absolute atomic E-state index is 0.0140. The molecule has 0 heterocycles. The highest BCUT2D eigenvalue weighted by Gasteiger charge is 2.37. The van der Waals surface area contributed by atoms with Gasteiger partial charge < -0.3 is 41.0 Å². The van der Waals surface area contributed by atoms with Gasteiger partial charge in [0.05, 0.1) is 0 Å². The second-order valence-electron chi connectivity index (χ2n) is 7.70. The number of hydrogen-bond acceptors (Lipinski definition) is 10. The fourth-order valence-electron chi connectivity index (χ4n) is 3.09. The molecular formula is C24H30N2O8. The van der Waals surface area contributed by atoms with Crippen LogP contribution in [-0.4, -0.2) is 76.7 Å². The maximum absolute atomic E-state index is 12.6. The lowest BCUT2D eigenvalue weighted by molar-refractivity contribution is -0.178. The molecule has 0 aliphatic heterocycles. The molecule has 184 valence electrons. The molecule has 0 unspecified atom stereocenters. The minimum atomic E-state index is -2.01. The van der Waals surface area contributed by atoms with Crippen molar-refractivity contribution in [1.82, 2.24) is 0 Å². The van der Waals surface area contributed by atoms with E-state index in [1.165, 1.54) is 0 Å². The Labute approximate surface area is 200 Å². The molecule has 0 saturated heterocycles. The van der Waals surface area contributed by atoms with Crippen molar-refractivity contribution >= 4 is 18.2 Å². The number of hydrogen-bond donors (Lipinski definition) is 5. The number of rotatable bonds is 15. The van der Waals surface area contributed by atoms with E-state index >= 15 is 0 Å². The molecule has 10 heteroatoms. The van der Waals surface area contributed by atoms with Crippen molar-refractivity contribution in [1.29, 1.82) is 0 Å². The van der Waals surface area contributed by atoms with Crippen molar-refractivity contribution in [3.8, 4) is 0 Å². The van der Waals surface area contributed by atoms with Crippen molar-refractivity contribution in [3.63, 3.8) is 0 Å². The van der Waals surface area contributed by atoms with E-state index in [4.69, 9.17) is 12.3 Å². The summed E-state index contributed by atoms with van der Waals surface area (Å²) in [5.41, 5.74) is 5.56. The number of nitrogens with two attached hydrogens (primary N) is 2. The summed E-state index contributed by atoms with van der Waals surface area (Å²) in [6.07, 6.45) is -7.56. The van der Waals surface area contributed by atoms with Crippen molar-refractivity contribution in [2.24, 2.45) is 11.5 Å². The smallest absolute Gasteiger partial charge is 0.323 e. The van der Waals surface area contributed by atoms with Crippen LogP contribution in [-0.2, 0) is 36.7 Å². The number of aliphatic hydroxyl groups excluding tert-OH is 3. The van der Waals surface area contributed by atoms with Gasteiger partial charge in [-0.25, -0.2) is 0 Å². The van der Waals surface area contributed by atoms with Crippen molar-refractivity contribution < 1.29 is 42.0 Å². The van der Waals surface area contributed by atoms with Gasteiger partial charge in [-0.3, -0.25) is 9.59 Å². The zero-order valence-electron chi connectivity index (χ0n) is 20.3. The van der Waals surface area contributed by atoms with E-state index in [9.17, 15) is 29.7 Å². The van der Waals surface area contributed by atoms with Crippen LogP contribution >= 0.6 is 0 Å². The van der Waals surface area contributed by atoms with E-state index in [2.05, 4.69) is 5.73 Å². The first-order valence-corrected chi connectivity index (χ1v) is 10.6. The Hall–Kier alpha value is -3.15. The molecule has 0 saturated carbocycles. The molecule has 7 N–H and O–H groups in total. The second kappa shape index (κ2) is 13.5. The highest BCUT2D eigenvalue weighted by Crippen LogP contribution is 2.13. The fraction of sp³-hybridized carbons (Fsp3) is 0.375. The third kappa shape index (κ3) is 8.32. The van der Waals surface area contributed by atoms with Crippen LogP contribution in [0.4, 0.5) is 0 Å².